The van der Waals surface area contributed by atoms with E-state index in [2.05, 4.69) is 9.98 Å². The lowest BCUT2D eigenvalue weighted by atomic mass is 10.1. The van der Waals surface area contributed by atoms with Gasteiger partial charge in [-0.15, -0.1) is 0 Å². The van der Waals surface area contributed by atoms with Gasteiger partial charge in [-0.1, -0.05) is 42.1 Å². The summed E-state index contributed by atoms with van der Waals surface area (Å²) >= 11 is 1.26. The highest BCUT2D eigenvalue weighted by Crippen LogP contribution is 2.32. The highest BCUT2D eigenvalue weighted by Gasteiger charge is 2.33. The first-order valence-corrected chi connectivity index (χ1v) is 12.8. The van der Waals surface area contributed by atoms with Crippen LogP contribution in [0, 0.1) is 4.78 Å². The summed E-state index contributed by atoms with van der Waals surface area (Å²) in [5.41, 5.74) is 2.80. The molecular formula is C22H28N4O2S2. The number of thioether (sulfide) groups is 1. The molecule has 1 heterocycles. The Kier molecular flexibility index (Phi) is 7.31. The standard InChI is InChI=1S/C22H28N4O2S2/c1-16(2)25-22(29-15-30(23,28)19-11-12-19)26(3)21(27)14-17-7-9-18(10-8-17)20-6-4-5-13-24-20/h4-10,13,16,19,23H,11-12,14-15H2,1-3H3. The average Bonchev–Trinajstić information content (AvgIpc) is 3.58. The second-order valence-corrected chi connectivity index (χ2v) is 11.5. The average molecular weight is 445 g/mol. The van der Waals surface area contributed by atoms with Gasteiger partial charge in [0.2, 0.25) is 5.91 Å². The number of amidine groups is 1. The number of carbonyl (C=O) groups excluding carboxylic acids is 1. The van der Waals surface area contributed by atoms with Gasteiger partial charge in [-0.25, -0.2) is 4.21 Å². The molecule has 6 nitrogen and oxygen atoms in total. The van der Waals surface area contributed by atoms with Crippen LogP contribution in [0.1, 0.15) is 32.3 Å². The van der Waals surface area contributed by atoms with Crippen molar-refractivity contribution in [2.24, 2.45) is 4.99 Å². The van der Waals surface area contributed by atoms with Crippen LogP contribution in [-0.2, 0) is 20.9 Å². The Labute approximate surface area is 183 Å². The van der Waals surface area contributed by atoms with Crippen LogP contribution >= 0.6 is 11.8 Å². The molecule has 1 aliphatic carbocycles. The van der Waals surface area contributed by atoms with Crippen LogP contribution in [0.4, 0.5) is 0 Å². The van der Waals surface area contributed by atoms with Gasteiger partial charge in [-0.3, -0.25) is 24.5 Å². The van der Waals surface area contributed by atoms with Crippen LogP contribution < -0.4 is 0 Å². The normalized spacial score (nSPS) is 16.3. The number of aliphatic imine (C=N–C) groups is 1. The third-order valence-electron chi connectivity index (χ3n) is 4.73. The largest absolute Gasteiger partial charge is 0.294 e. The van der Waals surface area contributed by atoms with Crippen molar-refractivity contribution in [3.63, 3.8) is 0 Å². The molecule has 1 aromatic heterocycles. The molecule has 0 bridgehead atoms. The maximum Gasteiger partial charge on any atom is 0.232 e. The zero-order valence-corrected chi connectivity index (χ0v) is 19.2. The Bertz CT molecular complexity index is 999. The monoisotopic (exact) mass is 444 g/mol. The molecule has 1 fully saturated rings. The summed E-state index contributed by atoms with van der Waals surface area (Å²) in [5, 5.41) is 0.712. The summed E-state index contributed by atoms with van der Waals surface area (Å²) in [7, 11) is -0.933. The lowest BCUT2D eigenvalue weighted by molar-refractivity contribution is -0.125. The smallest absolute Gasteiger partial charge is 0.232 e. The number of likely N-dealkylation sites (N-methyl/N-ethyl adjacent to an activating group) is 1. The zero-order valence-electron chi connectivity index (χ0n) is 17.6. The highest BCUT2D eigenvalue weighted by atomic mass is 32.3. The molecule has 1 N–H and O–H groups in total. The van der Waals surface area contributed by atoms with Crippen molar-refractivity contribution in [2.45, 2.75) is 44.4 Å². The quantitative estimate of drug-likeness (QED) is 0.506. The first-order chi connectivity index (χ1) is 14.3. The number of carbonyl (C=O) groups is 1. The maximum atomic E-state index is 12.9. The molecule has 30 heavy (non-hydrogen) atoms. The Morgan fingerprint density at radius 3 is 2.53 bits per heavy atom. The van der Waals surface area contributed by atoms with E-state index in [1.54, 1.807) is 13.2 Å². The molecule has 0 aliphatic heterocycles. The van der Waals surface area contributed by atoms with Gasteiger partial charge in [0.25, 0.3) is 0 Å². The fraction of sp³-hybridized carbons (Fsp3) is 0.409. The molecule has 1 aromatic carbocycles. The van der Waals surface area contributed by atoms with Gasteiger partial charge in [-0.2, -0.15) is 0 Å². The molecule has 2 aromatic rings. The fourth-order valence-electron chi connectivity index (χ4n) is 2.85. The van der Waals surface area contributed by atoms with E-state index in [0.717, 1.165) is 29.7 Å². The van der Waals surface area contributed by atoms with Crippen LogP contribution in [0.5, 0.6) is 0 Å². The van der Waals surface area contributed by atoms with Crippen molar-refractivity contribution in [1.82, 2.24) is 9.88 Å². The second kappa shape index (κ2) is 9.75. The number of pyridine rings is 1. The van der Waals surface area contributed by atoms with Crippen molar-refractivity contribution in [3.8, 4) is 11.3 Å². The lowest BCUT2D eigenvalue weighted by Crippen LogP contribution is -2.34. The molecular weight excluding hydrogens is 416 g/mol. The molecule has 0 radical (unpaired) electrons. The number of rotatable bonds is 7. The van der Waals surface area contributed by atoms with E-state index in [1.165, 1.54) is 16.7 Å². The minimum absolute atomic E-state index is 0.00289. The first-order valence-electron chi connectivity index (χ1n) is 9.99. The number of hydrogen-bond donors (Lipinski definition) is 1. The van der Waals surface area contributed by atoms with Gasteiger partial charge in [0.1, 0.15) is 0 Å². The molecule has 1 amide bonds. The minimum Gasteiger partial charge on any atom is -0.294 e. The molecule has 0 saturated heterocycles. The minimum atomic E-state index is -2.63. The van der Waals surface area contributed by atoms with Crippen LogP contribution in [0.2, 0.25) is 0 Å². The maximum absolute atomic E-state index is 12.9. The van der Waals surface area contributed by atoms with Gasteiger partial charge < -0.3 is 0 Å². The topological polar surface area (TPSA) is 86.5 Å². The number of nitrogens with zero attached hydrogens (tertiary/aromatic N) is 3. The number of benzene rings is 1. The SMILES string of the molecule is CC(C)N=C(SCS(=N)(=O)C1CC1)N(C)C(=O)Cc1ccc(-c2ccccn2)cc1. The first kappa shape index (κ1) is 22.5. The third-order valence-corrected chi connectivity index (χ3v) is 8.78. The highest BCUT2D eigenvalue weighted by molar-refractivity contribution is 8.22. The van der Waals surface area contributed by atoms with E-state index < -0.39 is 9.73 Å². The van der Waals surface area contributed by atoms with E-state index in [9.17, 15) is 9.00 Å². The number of hydrogen-bond acceptors (Lipinski definition) is 6. The summed E-state index contributed by atoms with van der Waals surface area (Å²) in [6.45, 7) is 3.88. The number of nitrogens with one attached hydrogen (secondary N) is 1. The molecule has 3 rings (SSSR count). The fourth-order valence-corrected chi connectivity index (χ4v) is 6.22. The molecule has 1 saturated carbocycles. The van der Waals surface area contributed by atoms with E-state index in [-0.39, 0.29) is 28.7 Å². The van der Waals surface area contributed by atoms with Gasteiger partial charge in [0, 0.05) is 30.1 Å². The van der Waals surface area contributed by atoms with Crippen molar-refractivity contribution >= 4 is 32.6 Å². The van der Waals surface area contributed by atoms with Gasteiger partial charge >= 0.3 is 0 Å². The summed E-state index contributed by atoms with van der Waals surface area (Å²) in [6, 6.07) is 13.6. The van der Waals surface area contributed by atoms with Gasteiger partial charge in [0.05, 0.1) is 26.9 Å². The van der Waals surface area contributed by atoms with Crippen molar-refractivity contribution in [1.29, 1.82) is 4.78 Å². The summed E-state index contributed by atoms with van der Waals surface area (Å²) in [5.74, 6) is -0.0876. The van der Waals surface area contributed by atoms with E-state index in [4.69, 9.17) is 4.78 Å². The molecule has 1 aliphatic rings. The second-order valence-electron chi connectivity index (χ2n) is 7.73. The van der Waals surface area contributed by atoms with Crippen LogP contribution in [-0.4, -0.2) is 48.6 Å². The zero-order chi connectivity index (χ0) is 21.7. The number of aromatic nitrogens is 1. The van der Waals surface area contributed by atoms with E-state index in [0.29, 0.717) is 5.17 Å². The van der Waals surface area contributed by atoms with Gasteiger partial charge in [0.15, 0.2) is 5.17 Å². The Balaban J connectivity index is 1.65. The van der Waals surface area contributed by atoms with Crippen LogP contribution in [0.15, 0.2) is 53.7 Å². The molecule has 8 heteroatoms. The van der Waals surface area contributed by atoms with Crippen molar-refractivity contribution in [2.75, 3.05) is 12.1 Å². The predicted octanol–water partition coefficient (Wildman–Crippen LogP) is 4.41. The molecule has 1 atom stereocenters. The summed E-state index contributed by atoms with van der Waals surface area (Å²) in [6.07, 6.45) is 3.73. The Hall–Kier alpha value is -2.19. The lowest BCUT2D eigenvalue weighted by Gasteiger charge is -2.20. The van der Waals surface area contributed by atoms with Crippen molar-refractivity contribution in [3.05, 3.63) is 54.2 Å². The molecule has 0 spiro atoms. The predicted molar refractivity (Wildman–Crippen MR) is 125 cm³/mol. The van der Waals surface area contributed by atoms with E-state index in [1.807, 2.05) is 56.3 Å². The van der Waals surface area contributed by atoms with Crippen molar-refractivity contribution < 1.29 is 9.00 Å². The van der Waals surface area contributed by atoms with Gasteiger partial charge in [-0.05, 0) is 44.4 Å². The summed E-state index contributed by atoms with van der Waals surface area (Å²) < 4.78 is 20.5. The number of amides is 1. The molecule has 160 valence electrons. The Morgan fingerprint density at radius 2 is 1.97 bits per heavy atom. The van der Waals surface area contributed by atoms with Crippen LogP contribution in [0.25, 0.3) is 11.3 Å². The third kappa shape index (κ3) is 6.15. The van der Waals surface area contributed by atoms with E-state index >= 15 is 0 Å². The van der Waals surface area contributed by atoms with Crippen LogP contribution in [0.3, 0.4) is 0 Å². The summed E-state index contributed by atoms with van der Waals surface area (Å²) in [4.78, 5) is 23.3. The Morgan fingerprint density at radius 1 is 1.27 bits per heavy atom. The molecule has 1 unspecified atom stereocenters.